The van der Waals surface area contributed by atoms with Crippen LogP contribution in [0.25, 0.3) is 0 Å². The van der Waals surface area contributed by atoms with Gasteiger partial charge in [0.2, 0.25) is 0 Å². The summed E-state index contributed by atoms with van der Waals surface area (Å²) in [5.41, 5.74) is -0.448. The topological polar surface area (TPSA) is 148 Å². The summed E-state index contributed by atoms with van der Waals surface area (Å²) in [5, 5.41) is 27.0. The Hall–Kier alpha value is -3.93. The predicted molar refractivity (Wildman–Crippen MR) is 126 cm³/mol. The van der Waals surface area contributed by atoms with Gasteiger partial charge in [0.05, 0.1) is 21.5 Å². The van der Waals surface area contributed by atoms with E-state index in [-0.39, 0.29) is 16.6 Å². The number of nitro benzene ring substituents is 2. The minimum atomic E-state index is -0.846. The number of thiocarbonyl (C=S) groups is 1. The van der Waals surface area contributed by atoms with Crippen molar-refractivity contribution in [3.8, 4) is 0 Å². The largest absolute Gasteiger partial charge is 0.339 e. The molecular formula is C21H23N5O6S. The Labute approximate surface area is 195 Å². The molecule has 0 fully saturated rings. The highest BCUT2D eigenvalue weighted by molar-refractivity contribution is 7.80. The van der Waals surface area contributed by atoms with E-state index < -0.39 is 27.1 Å². The van der Waals surface area contributed by atoms with Crippen LogP contribution in [0.1, 0.15) is 47.4 Å². The third-order valence-electron chi connectivity index (χ3n) is 4.48. The first-order valence-corrected chi connectivity index (χ1v) is 10.5. The molecule has 0 aliphatic carbocycles. The molecular weight excluding hydrogens is 450 g/mol. The van der Waals surface area contributed by atoms with Crippen molar-refractivity contribution in [2.75, 3.05) is 18.4 Å². The zero-order chi connectivity index (χ0) is 24.5. The van der Waals surface area contributed by atoms with Crippen molar-refractivity contribution in [1.29, 1.82) is 0 Å². The van der Waals surface area contributed by atoms with Gasteiger partial charge in [0, 0.05) is 36.5 Å². The highest BCUT2D eigenvalue weighted by Gasteiger charge is 2.20. The molecule has 0 radical (unpaired) electrons. The number of hydrogen-bond acceptors (Lipinski definition) is 7. The number of benzene rings is 2. The number of nitro groups is 2. The molecule has 12 heteroatoms. The first-order chi connectivity index (χ1) is 15.7. The van der Waals surface area contributed by atoms with E-state index >= 15 is 0 Å². The van der Waals surface area contributed by atoms with Crippen molar-refractivity contribution in [2.24, 2.45) is 0 Å². The van der Waals surface area contributed by atoms with Crippen molar-refractivity contribution in [1.82, 2.24) is 10.2 Å². The van der Waals surface area contributed by atoms with Crippen molar-refractivity contribution < 1.29 is 19.4 Å². The van der Waals surface area contributed by atoms with Crippen LogP contribution in [-0.2, 0) is 0 Å². The second kappa shape index (κ2) is 11.6. The molecule has 0 saturated carbocycles. The molecule has 0 spiro atoms. The Kier molecular flexibility index (Phi) is 8.92. The first kappa shape index (κ1) is 25.3. The van der Waals surface area contributed by atoms with Gasteiger partial charge in [-0.15, -0.1) is 0 Å². The van der Waals surface area contributed by atoms with Crippen LogP contribution < -0.4 is 10.6 Å². The average Bonchev–Trinajstić information content (AvgIpc) is 2.78. The molecule has 0 aliphatic heterocycles. The van der Waals surface area contributed by atoms with E-state index in [9.17, 15) is 29.8 Å². The molecule has 0 heterocycles. The van der Waals surface area contributed by atoms with Crippen molar-refractivity contribution in [2.45, 2.75) is 26.7 Å². The molecule has 33 heavy (non-hydrogen) atoms. The lowest BCUT2D eigenvalue weighted by Crippen LogP contribution is -2.34. The monoisotopic (exact) mass is 473 g/mol. The normalized spacial score (nSPS) is 10.2. The Bertz CT molecular complexity index is 1040. The van der Waals surface area contributed by atoms with Crippen LogP contribution in [0, 0.1) is 20.2 Å². The fraction of sp³-hybridized carbons (Fsp3) is 0.286. The number of anilines is 1. The van der Waals surface area contributed by atoms with Gasteiger partial charge in [0.25, 0.3) is 23.2 Å². The van der Waals surface area contributed by atoms with Gasteiger partial charge < -0.3 is 10.2 Å². The quantitative estimate of drug-likeness (QED) is 0.317. The number of hydrogen-bond donors (Lipinski definition) is 2. The molecule has 0 aromatic heterocycles. The van der Waals surface area contributed by atoms with Crippen LogP contribution in [0.3, 0.4) is 0 Å². The van der Waals surface area contributed by atoms with Gasteiger partial charge in [0.1, 0.15) is 0 Å². The van der Waals surface area contributed by atoms with Crippen molar-refractivity contribution in [3.63, 3.8) is 0 Å². The molecule has 11 nitrogen and oxygen atoms in total. The molecule has 2 rings (SSSR count). The minimum Gasteiger partial charge on any atom is -0.339 e. The van der Waals surface area contributed by atoms with Crippen LogP contribution in [0.15, 0.2) is 42.5 Å². The molecule has 2 amide bonds. The number of nitrogens with one attached hydrogen (secondary N) is 2. The lowest BCUT2D eigenvalue weighted by molar-refractivity contribution is -0.394. The van der Waals surface area contributed by atoms with E-state index in [0.29, 0.717) is 24.3 Å². The van der Waals surface area contributed by atoms with E-state index in [4.69, 9.17) is 12.2 Å². The maximum absolute atomic E-state index is 12.6. The van der Waals surface area contributed by atoms with E-state index in [1.54, 1.807) is 29.2 Å². The van der Waals surface area contributed by atoms with Crippen LogP contribution in [-0.4, -0.2) is 44.8 Å². The number of nitrogens with zero attached hydrogens (tertiary/aromatic N) is 3. The predicted octanol–water partition coefficient (Wildman–Crippen LogP) is 3.89. The fourth-order valence-corrected chi connectivity index (χ4v) is 3.22. The SMILES string of the molecule is CCCN(CCC)C(=O)c1ccc(NC(=S)NC(=O)c2cc([N+](=O)[O-])cc([N+](=O)[O-])c2)cc1. The van der Waals surface area contributed by atoms with Gasteiger partial charge in [-0.3, -0.25) is 35.1 Å². The van der Waals surface area contributed by atoms with E-state index in [0.717, 1.165) is 31.0 Å². The molecule has 174 valence electrons. The smallest absolute Gasteiger partial charge is 0.277 e. The second-order valence-electron chi connectivity index (χ2n) is 7.03. The fourth-order valence-electron chi connectivity index (χ4n) is 3.01. The zero-order valence-electron chi connectivity index (χ0n) is 18.1. The number of carbonyl (C=O) groups is 2. The highest BCUT2D eigenvalue weighted by atomic mass is 32.1. The Morgan fingerprint density at radius 1 is 0.909 bits per heavy atom. The maximum atomic E-state index is 12.6. The number of carbonyl (C=O) groups excluding carboxylic acids is 2. The Morgan fingerprint density at radius 2 is 1.42 bits per heavy atom. The lowest BCUT2D eigenvalue weighted by atomic mass is 10.1. The van der Waals surface area contributed by atoms with Crippen LogP contribution >= 0.6 is 12.2 Å². The summed E-state index contributed by atoms with van der Waals surface area (Å²) in [6.07, 6.45) is 1.71. The summed E-state index contributed by atoms with van der Waals surface area (Å²) in [6.45, 7) is 5.34. The molecule has 0 bridgehead atoms. The molecule has 2 N–H and O–H groups in total. The number of non-ortho nitro benzene ring substituents is 2. The summed E-state index contributed by atoms with van der Waals surface area (Å²) in [7, 11) is 0. The van der Waals surface area contributed by atoms with E-state index in [2.05, 4.69) is 10.6 Å². The zero-order valence-corrected chi connectivity index (χ0v) is 18.9. The summed E-state index contributed by atoms with van der Waals surface area (Å²) in [4.78, 5) is 47.1. The lowest BCUT2D eigenvalue weighted by Gasteiger charge is -2.21. The number of amides is 2. The Morgan fingerprint density at radius 3 is 1.88 bits per heavy atom. The van der Waals surface area contributed by atoms with Gasteiger partial charge in [-0.1, -0.05) is 13.8 Å². The summed E-state index contributed by atoms with van der Waals surface area (Å²) < 4.78 is 0. The molecule has 0 atom stereocenters. The maximum Gasteiger partial charge on any atom is 0.277 e. The minimum absolute atomic E-state index is 0.0756. The molecule has 2 aromatic rings. The van der Waals surface area contributed by atoms with Crippen LogP contribution in [0.5, 0.6) is 0 Å². The van der Waals surface area contributed by atoms with Crippen molar-refractivity contribution >= 4 is 46.2 Å². The van der Waals surface area contributed by atoms with Gasteiger partial charge >= 0.3 is 0 Å². The molecule has 0 unspecified atom stereocenters. The Balaban J connectivity index is 2.07. The third kappa shape index (κ3) is 7.04. The molecule has 0 aliphatic rings. The first-order valence-electron chi connectivity index (χ1n) is 10.1. The van der Waals surface area contributed by atoms with E-state index in [1.165, 1.54) is 0 Å². The molecule has 0 saturated heterocycles. The molecule has 2 aromatic carbocycles. The van der Waals surface area contributed by atoms with Crippen molar-refractivity contribution in [3.05, 3.63) is 73.8 Å². The summed E-state index contributed by atoms with van der Waals surface area (Å²) >= 11 is 5.09. The average molecular weight is 474 g/mol. The summed E-state index contributed by atoms with van der Waals surface area (Å²) in [5.74, 6) is -0.922. The second-order valence-corrected chi connectivity index (χ2v) is 7.44. The summed E-state index contributed by atoms with van der Waals surface area (Å²) in [6, 6.07) is 9.13. The van der Waals surface area contributed by atoms with Gasteiger partial charge in [-0.2, -0.15) is 0 Å². The van der Waals surface area contributed by atoms with Gasteiger partial charge in [-0.25, -0.2) is 0 Å². The van der Waals surface area contributed by atoms with Crippen LogP contribution in [0.2, 0.25) is 0 Å². The third-order valence-corrected chi connectivity index (χ3v) is 4.68. The highest BCUT2D eigenvalue weighted by Crippen LogP contribution is 2.22. The van der Waals surface area contributed by atoms with E-state index in [1.807, 2.05) is 13.8 Å². The standard InChI is InChI=1S/C21H23N5O6S/c1-3-9-24(10-4-2)20(28)14-5-7-16(8-6-14)22-21(33)23-19(27)15-11-17(25(29)30)13-18(12-15)26(31)32/h5-8,11-13H,3-4,9-10H2,1-2H3,(H2,22,23,27,33). The van der Waals surface area contributed by atoms with Crippen LogP contribution in [0.4, 0.5) is 17.1 Å². The van der Waals surface area contributed by atoms with Gasteiger partial charge in [-0.05, 0) is 49.3 Å². The number of rotatable bonds is 9. The van der Waals surface area contributed by atoms with Gasteiger partial charge in [0.15, 0.2) is 5.11 Å².